The molecule has 1 N–H and O–H groups in total. The summed E-state index contributed by atoms with van der Waals surface area (Å²) in [7, 11) is 0. The highest BCUT2D eigenvalue weighted by Gasteiger charge is 2.23. The van der Waals surface area contributed by atoms with E-state index in [0.717, 1.165) is 17.7 Å². The lowest BCUT2D eigenvalue weighted by atomic mass is 9.94. The van der Waals surface area contributed by atoms with E-state index in [9.17, 15) is 4.79 Å². The number of nitrogens with zero attached hydrogens (tertiary/aromatic N) is 2. The van der Waals surface area contributed by atoms with Crippen molar-refractivity contribution < 1.29 is 9.53 Å². The van der Waals surface area contributed by atoms with E-state index >= 15 is 0 Å². The summed E-state index contributed by atoms with van der Waals surface area (Å²) >= 11 is 6.25. The standard InChI is InChI=1S/C20H18ClN3O2/c1-2-15-11-16(23-24-20(15)25)8-13-6-7-18(21)19(10-13)26-17-5-3-4-14(9-17)12-22/h3-7,9-10,15H,2,8,11H2,1H3,(H,24,25)/t15-/m1/s1. The molecule has 26 heavy (non-hydrogen) atoms. The largest absolute Gasteiger partial charge is 0.456 e. The molecule has 132 valence electrons. The van der Waals surface area contributed by atoms with Gasteiger partial charge in [0.15, 0.2) is 0 Å². The van der Waals surface area contributed by atoms with Crippen molar-refractivity contribution in [3.63, 3.8) is 0 Å². The highest BCUT2D eigenvalue weighted by atomic mass is 35.5. The van der Waals surface area contributed by atoms with Crippen LogP contribution in [0.5, 0.6) is 11.5 Å². The van der Waals surface area contributed by atoms with Crippen molar-refractivity contribution in [2.75, 3.05) is 0 Å². The summed E-state index contributed by atoms with van der Waals surface area (Å²) in [6.45, 7) is 2.00. The molecule has 3 rings (SSSR count). The Balaban J connectivity index is 1.77. The van der Waals surface area contributed by atoms with Crippen molar-refractivity contribution in [3.8, 4) is 17.6 Å². The molecule has 1 amide bonds. The molecule has 1 aliphatic heterocycles. The number of carbonyl (C=O) groups excluding carboxylic acids is 1. The molecule has 0 spiro atoms. The fourth-order valence-corrected chi connectivity index (χ4v) is 2.97. The van der Waals surface area contributed by atoms with Gasteiger partial charge in [-0.15, -0.1) is 0 Å². The van der Waals surface area contributed by atoms with Crippen molar-refractivity contribution in [3.05, 3.63) is 58.6 Å². The smallest absolute Gasteiger partial charge is 0.243 e. The first-order valence-corrected chi connectivity index (χ1v) is 8.78. The molecule has 1 aliphatic rings. The topological polar surface area (TPSA) is 74.5 Å². The number of nitrogens with one attached hydrogen (secondary N) is 1. The maximum absolute atomic E-state index is 11.7. The molecule has 0 fully saturated rings. The second-order valence-electron chi connectivity index (χ2n) is 6.15. The number of hydrazone groups is 1. The number of carbonyl (C=O) groups is 1. The lowest BCUT2D eigenvalue weighted by Crippen LogP contribution is -2.34. The minimum absolute atomic E-state index is 0.0197. The van der Waals surface area contributed by atoms with E-state index in [0.29, 0.717) is 34.9 Å². The van der Waals surface area contributed by atoms with Crippen LogP contribution in [0.2, 0.25) is 5.02 Å². The first kappa shape index (κ1) is 18.0. The van der Waals surface area contributed by atoms with Gasteiger partial charge in [0.1, 0.15) is 11.5 Å². The molecule has 2 aromatic carbocycles. The van der Waals surface area contributed by atoms with Crippen LogP contribution < -0.4 is 10.2 Å². The average Bonchev–Trinajstić information content (AvgIpc) is 2.66. The minimum Gasteiger partial charge on any atom is -0.456 e. The summed E-state index contributed by atoms with van der Waals surface area (Å²) in [6.07, 6.45) is 2.06. The van der Waals surface area contributed by atoms with Gasteiger partial charge in [-0.1, -0.05) is 30.7 Å². The number of hydrogen-bond donors (Lipinski definition) is 1. The van der Waals surface area contributed by atoms with E-state index in [1.54, 1.807) is 30.3 Å². The van der Waals surface area contributed by atoms with Gasteiger partial charge in [0.25, 0.3) is 0 Å². The summed E-state index contributed by atoms with van der Waals surface area (Å²) < 4.78 is 5.85. The van der Waals surface area contributed by atoms with E-state index in [1.165, 1.54) is 0 Å². The molecule has 0 unspecified atom stereocenters. The third-order valence-electron chi connectivity index (χ3n) is 4.26. The zero-order valence-corrected chi connectivity index (χ0v) is 15.1. The fourth-order valence-electron chi connectivity index (χ4n) is 2.82. The normalized spacial score (nSPS) is 16.4. The van der Waals surface area contributed by atoms with Crippen LogP contribution in [-0.2, 0) is 11.2 Å². The van der Waals surface area contributed by atoms with Crippen molar-refractivity contribution in [2.24, 2.45) is 11.0 Å². The van der Waals surface area contributed by atoms with Gasteiger partial charge in [0.05, 0.1) is 16.7 Å². The number of halogens is 1. The van der Waals surface area contributed by atoms with Crippen molar-refractivity contribution >= 4 is 23.2 Å². The van der Waals surface area contributed by atoms with Crippen LogP contribution in [0.25, 0.3) is 0 Å². The Labute approximate surface area is 157 Å². The number of nitriles is 1. The molecule has 5 nitrogen and oxygen atoms in total. The number of rotatable bonds is 5. The molecule has 0 bridgehead atoms. The number of ether oxygens (including phenoxy) is 1. The van der Waals surface area contributed by atoms with E-state index in [1.807, 2.05) is 19.1 Å². The lowest BCUT2D eigenvalue weighted by Gasteiger charge is -2.20. The van der Waals surface area contributed by atoms with Crippen LogP contribution >= 0.6 is 11.6 Å². The molecular formula is C20H18ClN3O2. The van der Waals surface area contributed by atoms with Crippen LogP contribution in [-0.4, -0.2) is 11.6 Å². The van der Waals surface area contributed by atoms with E-state index in [2.05, 4.69) is 16.6 Å². The summed E-state index contributed by atoms with van der Waals surface area (Å²) in [6, 6.07) is 14.5. The van der Waals surface area contributed by atoms with E-state index < -0.39 is 0 Å². The third-order valence-corrected chi connectivity index (χ3v) is 4.58. The second-order valence-corrected chi connectivity index (χ2v) is 6.55. The first-order chi connectivity index (χ1) is 12.6. The molecule has 2 aromatic rings. The van der Waals surface area contributed by atoms with Crippen molar-refractivity contribution in [1.29, 1.82) is 5.26 Å². The van der Waals surface area contributed by atoms with Crippen LogP contribution in [0.15, 0.2) is 47.6 Å². The van der Waals surface area contributed by atoms with Gasteiger partial charge in [-0.3, -0.25) is 4.79 Å². The number of benzene rings is 2. The van der Waals surface area contributed by atoms with E-state index in [4.69, 9.17) is 21.6 Å². The first-order valence-electron chi connectivity index (χ1n) is 8.40. The number of hydrogen-bond acceptors (Lipinski definition) is 4. The fraction of sp³-hybridized carbons (Fsp3) is 0.250. The Kier molecular flexibility index (Phi) is 5.55. The Hall–Kier alpha value is -2.84. The number of amides is 1. The monoisotopic (exact) mass is 367 g/mol. The predicted molar refractivity (Wildman–Crippen MR) is 100 cm³/mol. The lowest BCUT2D eigenvalue weighted by molar-refractivity contribution is -0.125. The molecule has 0 aliphatic carbocycles. The Morgan fingerprint density at radius 3 is 2.96 bits per heavy atom. The van der Waals surface area contributed by atoms with Crippen molar-refractivity contribution in [2.45, 2.75) is 26.2 Å². The van der Waals surface area contributed by atoms with Crippen LogP contribution in [0.4, 0.5) is 0 Å². The Morgan fingerprint density at radius 1 is 1.35 bits per heavy atom. The minimum atomic E-state index is -0.0285. The van der Waals surface area contributed by atoms with Gasteiger partial charge in [-0.2, -0.15) is 10.4 Å². The van der Waals surface area contributed by atoms with E-state index in [-0.39, 0.29) is 11.8 Å². The molecule has 1 atom stereocenters. The molecule has 0 saturated heterocycles. The summed E-state index contributed by atoms with van der Waals surface area (Å²) in [5, 5.41) is 13.7. The van der Waals surface area contributed by atoms with Crippen molar-refractivity contribution in [1.82, 2.24) is 5.43 Å². The second kappa shape index (κ2) is 8.03. The van der Waals surface area contributed by atoms with Gasteiger partial charge < -0.3 is 4.74 Å². The quantitative estimate of drug-likeness (QED) is 0.848. The molecule has 0 radical (unpaired) electrons. The SMILES string of the molecule is CC[C@@H]1CC(Cc2ccc(Cl)c(Oc3cccc(C#N)c3)c2)=NNC1=O. The van der Waals surface area contributed by atoms with Gasteiger partial charge in [-0.05, 0) is 48.7 Å². The zero-order chi connectivity index (χ0) is 18.5. The molecule has 0 saturated carbocycles. The summed E-state index contributed by atoms with van der Waals surface area (Å²) in [5.74, 6) is 1.02. The maximum atomic E-state index is 11.7. The van der Waals surface area contributed by atoms with Gasteiger partial charge in [0.2, 0.25) is 5.91 Å². The predicted octanol–water partition coefficient (Wildman–Crippen LogP) is 4.45. The Morgan fingerprint density at radius 2 is 2.19 bits per heavy atom. The van der Waals surface area contributed by atoms with Crippen LogP contribution in [0.1, 0.15) is 30.9 Å². The molecule has 0 aromatic heterocycles. The molecule has 6 heteroatoms. The van der Waals surface area contributed by atoms with Crippen LogP contribution in [0, 0.1) is 17.2 Å². The molecular weight excluding hydrogens is 350 g/mol. The Bertz CT molecular complexity index is 902. The van der Waals surface area contributed by atoms with Gasteiger partial charge >= 0.3 is 0 Å². The summed E-state index contributed by atoms with van der Waals surface area (Å²) in [4.78, 5) is 11.7. The third kappa shape index (κ3) is 4.22. The summed E-state index contributed by atoms with van der Waals surface area (Å²) in [5.41, 5.74) is 5.03. The highest BCUT2D eigenvalue weighted by molar-refractivity contribution is 6.32. The van der Waals surface area contributed by atoms with Gasteiger partial charge in [0, 0.05) is 18.1 Å². The van der Waals surface area contributed by atoms with Crippen LogP contribution in [0.3, 0.4) is 0 Å². The zero-order valence-electron chi connectivity index (χ0n) is 14.3. The average molecular weight is 368 g/mol. The molecule has 1 heterocycles. The van der Waals surface area contributed by atoms with Gasteiger partial charge in [-0.25, -0.2) is 5.43 Å². The maximum Gasteiger partial charge on any atom is 0.243 e. The highest BCUT2D eigenvalue weighted by Crippen LogP contribution is 2.31.